The third-order valence-electron chi connectivity index (χ3n) is 8.52. The Hall–Kier alpha value is -4.04. The molecule has 53 heavy (non-hydrogen) atoms. The summed E-state index contributed by atoms with van der Waals surface area (Å²) >= 11 is 0. The number of carbonyl (C=O) groups is 6. The molecule has 0 aliphatic heterocycles. The molecule has 14 heteroatoms. The first-order chi connectivity index (χ1) is 24.6. The SMILES string of the molecule is CCCC[C@H](CN(C=O)OCc1ccccc1)C(=O)N[C@H](C(=O)N(C)C)C(C)(C)C.CCCC[C@H](CN(O)C=O)C(=O)N[C@H](C(=O)N(C)C)C(C)(C)C. The quantitative estimate of drug-likeness (QED) is 0.0952. The molecule has 3 N–H and O–H groups in total. The number of amides is 6. The fourth-order valence-corrected chi connectivity index (χ4v) is 5.19. The third-order valence-corrected chi connectivity index (χ3v) is 8.52. The molecular weight excluding hydrogens is 680 g/mol. The molecule has 1 aromatic rings. The number of carbonyl (C=O) groups excluding carboxylic acids is 6. The molecule has 0 radical (unpaired) electrons. The fraction of sp³-hybridized carbons (Fsp3) is 0.692. The predicted octanol–water partition coefficient (Wildman–Crippen LogP) is 4.26. The van der Waals surface area contributed by atoms with Crippen molar-refractivity contribution in [2.24, 2.45) is 22.7 Å². The van der Waals surface area contributed by atoms with Gasteiger partial charge in [0.05, 0.1) is 24.9 Å². The molecule has 0 spiro atoms. The number of rotatable bonds is 21. The Bertz CT molecular complexity index is 1260. The van der Waals surface area contributed by atoms with E-state index in [-0.39, 0.29) is 49.7 Å². The number of hydroxylamine groups is 4. The Morgan fingerprint density at radius 2 is 1.13 bits per heavy atom. The molecule has 0 aromatic heterocycles. The number of hydrogen-bond acceptors (Lipinski definition) is 8. The van der Waals surface area contributed by atoms with Crippen LogP contribution in [0, 0.1) is 22.7 Å². The Morgan fingerprint density at radius 1 is 0.717 bits per heavy atom. The van der Waals surface area contributed by atoms with E-state index in [0.717, 1.165) is 31.2 Å². The summed E-state index contributed by atoms with van der Waals surface area (Å²) in [5.41, 5.74) is 0.0411. The van der Waals surface area contributed by atoms with Gasteiger partial charge in [0, 0.05) is 28.2 Å². The van der Waals surface area contributed by atoms with Gasteiger partial charge < -0.3 is 20.4 Å². The highest BCUT2D eigenvalue weighted by molar-refractivity contribution is 5.90. The van der Waals surface area contributed by atoms with Gasteiger partial charge in [0.15, 0.2) is 0 Å². The third kappa shape index (κ3) is 19.0. The van der Waals surface area contributed by atoms with Crippen molar-refractivity contribution < 1.29 is 38.8 Å². The molecule has 0 aliphatic carbocycles. The first-order valence-corrected chi connectivity index (χ1v) is 18.5. The molecule has 1 rings (SSSR count). The summed E-state index contributed by atoms with van der Waals surface area (Å²) in [4.78, 5) is 81.3. The number of likely N-dealkylation sites (N-methyl/N-ethyl adjacent to an activating group) is 2. The minimum absolute atomic E-state index is 0.0810. The molecule has 0 heterocycles. The summed E-state index contributed by atoms with van der Waals surface area (Å²) in [7, 11) is 6.63. The standard InChI is InChI=1S/C23H37N3O4.C16H31N3O4/c1-7-8-14-19(15-26(17-27)30-16-18-12-10-9-11-13-18)21(28)24-20(23(2,3)4)22(29)25(5)6;1-7-8-9-12(10-19(23)11-20)14(21)17-13(16(2,3)4)15(22)18(5)6/h9-13,17,19-20H,7-8,14-16H2,1-6H3,(H,24,28);11-13,23H,7-10H2,1-6H3,(H,17,21)/t19-,20-;12-,13-/m11/s1. The molecule has 1 aromatic carbocycles. The maximum atomic E-state index is 13.1. The maximum Gasteiger partial charge on any atom is 0.245 e. The highest BCUT2D eigenvalue weighted by Crippen LogP contribution is 2.23. The molecule has 0 saturated heterocycles. The minimum Gasteiger partial charge on any atom is -0.347 e. The molecule has 0 saturated carbocycles. The van der Waals surface area contributed by atoms with Crippen LogP contribution in [0.2, 0.25) is 0 Å². The highest BCUT2D eigenvalue weighted by atomic mass is 16.7. The number of nitrogens with zero attached hydrogens (tertiary/aromatic N) is 4. The summed E-state index contributed by atoms with van der Waals surface area (Å²) in [6.07, 6.45) is 5.48. The maximum absolute atomic E-state index is 13.1. The van der Waals surface area contributed by atoms with Gasteiger partial charge >= 0.3 is 0 Å². The van der Waals surface area contributed by atoms with Crippen LogP contribution >= 0.6 is 0 Å². The van der Waals surface area contributed by atoms with E-state index in [2.05, 4.69) is 10.6 Å². The lowest BCUT2D eigenvalue weighted by Gasteiger charge is -2.34. The second-order valence-electron chi connectivity index (χ2n) is 16.0. The van der Waals surface area contributed by atoms with E-state index in [1.807, 2.05) is 85.7 Å². The number of nitrogens with one attached hydrogen (secondary N) is 2. The van der Waals surface area contributed by atoms with Crippen LogP contribution in [-0.4, -0.2) is 115 Å². The van der Waals surface area contributed by atoms with Crippen molar-refractivity contribution in [2.75, 3.05) is 41.3 Å². The van der Waals surface area contributed by atoms with Gasteiger partial charge in [0.2, 0.25) is 36.4 Å². The fourth-order valence-electron chi connectivity index (χ4n) is 5.19. The topological polar surface area (TPSA) is 169 Å². The van der Waals surface area contributed by atoms with Gasteiger partial charge in [0.25, 0.3) is 0 Å². The highest BCUT2D eigenvalue weighted by Gasteiger charge is 2.37. The average Bonchev–Trinajstić information content (AvgIpc) is 3.09. The van der Waals surface area contributed by atoms with Crippen LogP contribution in [0.1, 0.15) is 99.5 Å². The number of hydrogen-bond donors (Lipinski definition) is 3. The van der Waals surface area contributed by atoms with Gasteiger partial charge in [-0.25, -0.2) is 10.1 Å². The van der Waals surface area contributed by atoms with Crippen molar-refractivity contribution in [2.45, 2.75) is 113 Å². The lowest BCUT2D eigenvalue weighted by molar-refractivity contribution is -0.182. The predicted molar refractivity (Wildman–Crippen MR) is 205 cm³/mol. The monoisotopic (exact) mass is 749 g/mol. The van der Waals surface area contributed by atoms with Crippen LogP contribution in [0.5, 0.6) is 0 Å². The van der Waals surface area contributed by atoms with E-state index >= 15 is 0 Å². The zero-order chi connectivity index (χ0) is 40.9. The lowest BCUT2D eigenvalue weighted by Crippen LogP contribution is -2.55. The van der Waals surface area contributed by atoms with E-state index in [9.17, 15) is 34.0 Å². The smallest absolute Gasteiger partial charge is 0.245 e. The zero-order valence-corrected chi connectivity index (χ0v) is 34.3. The number of unbranched alkanes of at least 4 members (excludes halogenated alkanes) is 2. The van der Waals surface area contributed by atoms with Crippen LogP contribution in [-0.2, 0) is 40.2 Å². The minimum atomic E-state index is -0.669. The molecule has 14 nitrogen and oxygen atoms in total. The van der Waals surface area contributed by atoms with Gasteiger partial charge in [0.1, 0.15) is 18.7 Å². The Morgan fingerprint density at radius 3 is 1.47 bits per heavy atom. The Balaban J connectivity index is 0.00000106. The molecule has 0 aliphatic rings. The van der Waals surface area contributed by atoms with Crippen LogP contribution in [0.25, 0.3) is 0 Å². The van der Waals surface area contributed by atoms with Crippen LogP contribution in [0.4, 0.5) is 0 Å². The Kier molecular flexibility index (Phi) is 22.5. The molecule has 0 fully saturated rings. The van der Waals surface area contributed by atoms with Crippen LogP contribution < -0.4 is 10.6 Å². The lowest BCUT2D eigenvalue weighted by atomic mass is 9.85. The second-order valence-corrected chi connectivity index (χ2v) is 16.0. The van der Waals surface area contributed by atoms with Crippen LogP contribution in [0.15, 0.2) is 30.3 Å². The van der Waals surface area contributed by atoms with Crippen LogP contribution in [0.3, 0.4) is 0 Å². The summed E-state index contributed by atoms with van der Waals surface area (Å²) in [5, 5.41) is 16.7. The van der Waals surface area contributed by atoms with E-state index in [1.165, 1.54) is 14.9 Å². The number of benzene rings is 1. The van der Waals surface area contributed by atoms with Crippen molar-refractivity contribution in [3.8, 4) is 0 Å². The second kappa shape index (κ2) is 24.3. The Labute approximate surface area is 317 Å². The van der Waals surface area contributed by atoms with Crippen molar-refractivity contribution in [3.05, 3.63) is 35.9 Å². The first kappa shape index (κ1) is 49.0. The van der Waals surface area contributed by atoms with Crippen molar-refractivity contribution in [1.29, 1.82) is 0 Å². The molecule has 302 valence electrons. The summed E-state index contributed by atoms with van der Waals surface area (Å²) in [5.74, 6) is -1.92. The summed E-state index contributed by atoms with van der Waals surface area (Å²) in [6.45, 7) is 15.7. The van der Waals surface area contributed by atoms with E-state index < -0.39 is 34.7 Å². The largest absolute Gasteiger partial charge is 0.347 e. The van der Waals surface area contributed by atoms with Crippen molar-refractivity contribution in [1.82, 2.24) is 30.6 Å². The van der Waals surface area contributed by atoms with Gasteiger partial charge in [-0.1, -0.05) is 111 Å². The normalized spacial score (nSPS) is 13.5. The van der Waals surface area contributed by atoms with Gasteiger partial charge in [-0.05, 0) is 29.2 Å². The molecule has 0 bridgehead atoms. The zero-order valence-electron chi connectivity index (χ0n) is 34.3. The first-order valence-electron chi connectivity index (χ1n) is 18.5. The summed E-state index contributed by atoms with van der Waals surface area (Å²) in [6, 6.07) is 8.20. The molecule has 6 amide bonds. The van der Waals surface area contributed by atoms with E-state index in [4.69, 9.17) is 4.84 Å². The average molecular weight is 749 g/mol. The molecular formula is C39H68N6O8. The van der Waals surface area contributed by atoms with Gasteiger partial charge in [-0.2, -0.15) is 0 Å². The van der Waals surface area contributed by atoms with E-state index in [0.29, 0.717) is 24.3 Å². The van der Waals surface area contributed by atoms with Gasteiger partial charge in [-0.3, -0.25) is 38.8 Å². The van der Waals surface area contributed by atoms with Crippen molar-refractivity contribution in [3.63, 3.8) is 0 Å². The van der Waals surface area contributed by atoms with Crippen molar-refractivity contribution >= 4 is 36.4 Å². The van der Waals surface area contributed by atoms with E-state index in [1.54, 1.807) is 28.2 Å². The van der Waals surface area contributed by atoms with Gasteiger partial charge in [-0.15, -0.1) is 0 Å². The molecule has 4 atom stereocenters. The summed E-state index contributed by atoms with van der Waals surface area (Å²) < 4.78 is 0. The molecule has 0 unspecified atom stereocenters.